The topological polar surface area (TPSA) is 51.0 Å². The molecule has 1 saturated heterocycles. The van der Waals surface area contributed by atoms with Crippen molar-refractivity contribution in [2.75, 3.05) is 13.1 Å². The van der Waals surface area contributed by atoms with Crippen molar-refractivity contribution < 1.29 is 18.0 Å². The zero-order valence-corrected chi connectivity index (χ0v) is 12.7. The molecular formula is C15H17F3N4O. The Morgan fingerprint density at radius 1 is 1.39 bits per heavy atom. The van der Waals surface area contributed by atoms with E-state index >= 15 is 0 Å². The second-order valence-electron chi connectivity index (χ2n) is 5.96. The number of pyridine rings is 1. The number of likely N-dealkylation sites (tertiary alicyclic amines) is 1. The smallest absolute Gasteiger partial charge is 0.338 e. The molecule has 2 aromatic rings. The Bertz CT molecular complexity index is 725. The van der Waals surface area contributed by atoms with Crippen molar-refractivity contribution in [2.45, 2.75) is 25.4 Å². The summed E-state index contributed by atoms with van der Waals surface area (Å²) in [7, 11) is 1.77. The molecule has 0 radical (unpaired) electrons. The summed E-state index contributed by atoms with van der Waals surface area (Å²) in [6.07, 6.45) is -0.860. The van der Waals surface area contributed by atoms with Crippen LogP contribution < -0.4 is 0 Å². The van der Waals surface area contributed by atoms with E-state index in [0.29, 0.717) is 36.1 Å². The number of aromatic nitrogens is 3. The Labute approximate surface area is 131 Å². The van der Waals surface area contributed by atoms with Crippen LogP contribution >= 0.6 is 0 Å². The van der Waals surface area contributed by atoms with Crippen LogP contribution in [-0.2, 0) is 7.05 Å². The number of imidazole rings is 1. The highest BCUT2D eigenvalue weighted by molar-refractivity contribution is 6.04. The van der Waals surface area contributed by atoms with Crippen molar-refractivity contribution in [3.05, 3.63) is 24.2 Å². The van der Waals surface area contributed by atoms with Crippen LogP contribution in [0, 0.1) is 5.92 Å². The summed E-state index contributed by atoms with van der Waals surface area (Å²) >= 11 is 0. The minimum atomic E-state index is -4.19. The first kappa shape index (κ1) is 15.8. The molecule has 124 valence electrons. The highest BCUT2D eigenvalue weighted by Crippen LogP contribution is 2.31. The maximum Gasteiger partial charge on any atom is 0.389 e. The molecule has 2 aromatic heterocycles. The molecule has 0 aromatic carbocycles. The normalized spacial score (nSPS) is 19.3. The molecule has 0 N–H and O–H groups in total. The molecule has 0 bridgehead atoms. The third kappa shape index (κ3) is 3.30. The summed E-state index contributed by atoms with van der Waals surface area (Å²) in [5, 5.41) is 0. The number of hydrogen-bond acceptors (Lipinski definition) is 3. The Kier molecular flexibility index (Phi) is 3.99. The van der Waals surface area contributed by atoms with Crippen molar-refractivity contribution >= 4 is 17.1 Å². The van der Waals surface area contributed by atoms with Gasteiger partial charge in [0.05, 0.1) is 11.9 Å². The van der Waals surface area contributed by atoms with Gasteiger partial charge in [0.25, 0.3) is 5.91 Å². The molecule has 1 fully saturated rings. The summed E-state index contributed by atoms with van der Waals surface area (Å²) < 4.78 is 39.4. The number of nitrogens with zero attached hydrogens (tertiary/aromatic N) is 4. The van der Waals surface area contributed by atoms with Crippen LogP contribution in [0.1, 0.15) is 29.6 Å². The lowest BCUT2D eigenvalue weighted by atomic mass is 9.94. The van der Waals surface area contributed by atoms with Crippen LogP contribution in [0.2, 0.25) is 0 Å². The molecule has 0 saturated carbocycles. The molecule has 3 heterocycles. The fourth-order valence-corrected chi connectivity index (χ4v) is 3.11. The van der Waals surface area contributed by atoms with E-state index in [2.05, 4.69) is 9.97 Å². The van der Waals surface area contributed by atoms with Crippen molar-refractivity contribution in [2.24, 2.45) is 13.0 Å². The summed E-state index contributed by atoms with van der Waals surface area (Å²) in [6, 6.07) is 1.57. The van der Waals surface area contributed by atoms with E-state index in [1.54, 1.807) is 24.0 Å². The molecule has 8 heteroatoms. The van der Waals surface area contributed by atoms with E-state index in [1.165, 1.54) is 11.1 Å². The Balaban J connectivity index is 1.81. The number of alkyl halides is 3. The van der Waals surface area contributed by atoms with Gasteiger partial charge in [-0.25, -0.2) is 9.97 Å². The van der Waals surface area contributed by atoms with Gasteiger partial charge in [-0.2, -0.15) is 13.2 Å². The fourth-order valence-electron chi connectivity index (χ4n) is 3.11. The SMILES string of the molecule is Cn1cnc2c(C(=O)N3CCCC(CC(F)(F)F)C3)ccnc21. The number of piperidine rings is 1. The summed E-state index contributed by atoms with van der Waals surface area (Å²) in [5.41, 5.74) is 1.46. The lowest BCUT2D eigenvalue weighted by molar-refractivity contribution is -0.147. The van der Waals surface area contributed by atoms with Crippen LogP contribution in [0.4, 0.5) is 13.2 Å². The molecule has 1 atom stereocenters. The van der Waals surface area contributed by atoms with Gasteiger partial charge in [-0.15, -0.1) is 0 Å². The zero-order valence-electron chi connectivity index (χ0n) is 12.7. The van der Waals surface area contributed by atoms with Gasteiger partial charge in [0.1, 0.15) is 5.52 Å². The second kappa shape index (κ2) is 5.82. The largest absolute Gasteiger partial charge is 0.389 e. The van der Waals surface area contributed by atoms with Crippen LogP contribution in [-0.4, -0.2) is 44.6 Å². The first-order valence-electron chi connectivity index (χ1n) is 7.47. The molecule has 23 heavy (non-hydrogen) atoms. The molecule has 1 aliphatic heterocycles. The number of hydrogen-bond donors (Lipinski definition) is 0. The Hall–Kier alpha value is -2.12. The average molecular weight is 326 g/mol. The minimum Gasteiger partial charge on any atom is -0.338 e. The molecule has 1 amide bonds. The maximum atomic E-state index is 12.7. The van der Waals surface area contributed by atoms with E-state index < -0.39 is 18.5 Å². The Morgan fingerprint density at radius 3 is 2.91 bits per heavy atom. The van der Waals surface area contributed by atoms with Gasteiger partial charge in [-0.3, -0.25) is 4.79 Å². The molecule has 3 rings (SSSR count). The average Bonchev–Trinajstić information content (AvgIpc) is 2.87. The second-order valence-corrected chi connectivity index (χ2v) is 5.96. The quantitative estimate of drug-likeness (QED) is 0.853. The number of rotatable bonds is 2. The number of amides is 1. The van der Waals surface area contributed by atoms with Crippen molar-refractivity contribution in [3.8, 4) is 0 Å². The van der Waals surface area contributed by atoms with E-state index in [0.717, 1.165) is 0 Å². The molecule has 0 spiro atoms. The zero-order chi connectivity index (χ0) is 16.6. The van der Waals surface area contributed by atoms with Gasteiger partial charge in [-0.1, -0.05) is 0 Å². The predicted octanol–water partition coefficient (Wildman–Crippen LogP) is 2.77. The van der Waals surface area contributed by atoms with Gasteiger partial charge < -0.3 is 9.47 Å². The van der Waals surface area contributed by atoms with E-state index in [-0.39, 0.29) is 12.5 Å². The Morgan fingerprint density at radius 2 is 2.17 bits per heavy atom. The first-order chi connectivity index (χ1) is 10.8. The number of aryl methyl sites for hydroxylation is 1. The van der Waals surface area contributed by atoms with Crippen molar-refractivity contribution in [3.63, 3.8) is 0 Å². The monoisotopic (exact) mass is 326 g/mol. The molecule has 1 aliphatic rings. The highest BCUT2D eigenvalue weighted by Gasteiger charge is 2.35. The van der Waals surface area contributed by atoms with E-state index in [1.807, 2.05) is 0 Å². The number of carbonyl (C=O) groups excluding carboxylic acids is 1. The summed E-state index contributed by atoms with van der Waals surface area (Å²) in [6.45, 7) is 0.610. The number of halogens is 3. The van der Waals surface area contributed by atoms with Gasteiger partial charge in [0.15, 0.2) is 5.65 Å². The lowest BCUT2D eigenvalue weighted by Gasteiger charge is -2.33. The molecule has 0 aliphatic carbocycles. The van der Waals surface area contributed by atoms with Crippen LogP contribution in [0.15, 0.2) is 18.6 Å². The third-order valence-electron chi connectivity index (χ3n) is 4.16. The van der Waals surface area contributed by atoms with Crippen LogP contribution in [0.5, 0.6) is 0 Å². The first-order valence-corrected chi connectivity index (χ1v) is 7.47. The highest BCUT2D eigenvalue weighted by atomic mass is 19.4. The predicted molar refractivity (Wildman–Crippen MR) is 77.8 cm³/mol. The summed E-state index contributed by atoms with van der Waals surface area (Å²) in [4.78, 5) is 22.6. The van der Waals surface area contributed by atoms with E-state index in [9.17, 15) is 18.0 Å². The molecule has 1 unspecified atom stereocenters. The van der Waals surface area contributed by atoms with Crippen molar-refractivity contribution in [1.82, 2.24) is 19.4 Å². The number of carbonyl (C=O) groups is 1. The third-order valence-corrected chi connectivity index (χ3v) is 4.16. The maximum absolute atomic E-state index is 12.7. The molecular weight excluding hydrogens is 309 g/mol. The van der Waals surface area contributed by atoms with Gasteiger partial charge in [0, 0.05) is 32.8 Å². The van der Waals surface area contributed by atoms with Gasteiger partial charge >= 0.3 is 6.18 Å². The fraction of sp³-hybridized carbons (Fsp3) is 0.533. The summed E-state index contributed by atoms with van der Waals surface area (Å²) in [5.74, 6) is -0.809. The van der Waals surface area contributed by atoms with Gasteiger partial charge in [-0.05, 0) is 24.8 Å². The van der Waals surface area contributed by atoms with E-state index in [4.69, 9.17) is 0 Å². The minimum absolute atomic E-state index is 0.134. The standard InChI is InChI=1S/C15H17F3N4O/c1-21-9-20-12-11(4-5-19-13(12)21)14(23)22-6-2-3-10(8-22)7-15(16,17)18/h4-5,9-10H,2-3,6-8H2,1H3. The van der Waals surface area contributed by atoms with Crippen molar-refractivity contribution in [1.29, 1.82) is 0 Å². The van der Waals surface area contributed by atoms with Gasteiger partial charge in [0.2, 0.25) is 0 Å². The van der Waals surface area contributed by atoms with Crippen LogP contribution in [0.3, 0.4) is 0 Å². The molecule has 5 nitrogen and oxygen atoms in total. The lowest BCUT2D eigenvalue weighted by Crippen LogP contribution is -2.41. The number of fused-ring (bicyclic) bond motifs is 1. The van der Waals surface area contributed by atoms with Crippen LogP contribution in [0.25, 0.3) is 11.2 Å².